The zero-order valence-corrected chi connectivity index (χ0v) is 24.2. The third-order valence-electron chi connectivity index (χ3n) is 7.40. The van der Waals surface area contributed by atoms with Gasteiger partial charge in [-0.1, -0.05) is 46.1 Å². The van der Waals surface area contributed by atoms with Gasteiger partial charge in [0.15, 0.2) is 0 Å². The predicted octanol–water partition coefficient (Wildman–Crippen LogP) is 3.00. The number of hydrogen-bond acceptors (Lipinski definition) is 9. The van der Waals surface area contributed by atoms with Crippen LogP contribution in [0.3, 0.4) is 0 Å². The van der Waals surface area contributed by atoms with Crippen LogP contribution in [-0.4, -0.2) is 80.9 Å². The van der Waals surface area contributed by atoms with Crippen molar-refractivity contribution in [2.45, 2.75) is 90.1 Å². The third kappa shape index (κ3) is 12.4. The molecule has 0 radical (unpaired) electrons. The van der Waals surface area contributed by atoms with E-state index in [0.717, 1.165) is 19.4 Å². The highest BCUT2D eigenvalue weighted by Crippen LogP contribution is 2.32. The zero-order valence-electron chi connectivity index (χ0n) is 24.2. The minimum absolute atomic E-state index is 0.0966. The van der Waals surface area contributed by atoms with Crippen LogP contribution in [0.5, 0.6) is 0 Å². The topological polar surface area (TPSA) is 145 Å². The summed E-state index contributed by atoms with van der Waals surface area (Å²) >= 11 is 0. The molecule has 38 heavy (non-hydrogen) atoms. The number of hydrogen-bond donors (Lipinski definition) is 2. The van der Waals surface area contributed by atoms with E-state index in [0.29, 0.717) is 31.0 Å². The van der Waals surface area contributed by atoms with Crippen LogP contribution in [0, 0.1) is 17.8 Å². The summed E-state index contributed by atoms with van der Waals surface area (Å²) in [7, 11) is 4.86. The Morgan fingerprint density at radius 1 is 0.921 bits per heavy atom. The van der Waals surface area contributed by atoms with Crippen molar-refractivity contribution in [1.82, 2.24) is 4.90 Å². The van der Waals surface area contributed by atoms with Crippen LogP contribution in [-0.2, 0) is 33.4 Å². The summed E-state index contributed by atoms with van der Waals surface area (Å²) in [6.07, 6.45) is 10.3. The van der Waals surface area contributed by atoms with Crippen LogP contribution in [0.25, 0.3) is 0 Å². The fraction of sp³-hybridized carbons (Fsp3) is 0.786. The Morgan fingerprint density at radius 2 is 1.47 bits per heavy atom. The van der Waals surface area contributed by atoms with Gasteiger partial charge in [0.05, 0.1) is 33.7 Å². The number of aliphatic hydroxyl groups is 1. The molecule has 5 atom stereocenters. The second kappa shape index (κ2) is 19.6. The minimum atomic E-state index is -0.588. The number of nitrogens with zero attached hydrogens (tertiary/aromatic N) is 1. The number of likely N-dealkylation sites (tertiary alicyclic amines) is 1. The van der Waals surface area contributed by atoms with Crippen LogP contribution < -0.4 is 5.73 Å². The molecule has 0 aromatic rings. The van der Waals surface area contributed by atoms with E-state index >= 15 is 0 Å². The van der Waals surface area contributed by atoms with E-state index in [1.807, 2.05) is 4.90 Å². The molecule has 3 rings (SSSR count). The molecule has 10 nitrogen and oxygen atoms in total. The van der Waals surface area contributed by atoms with Gasteiger partial charge >= 0.3 is 17.9 Å². The number of carbonyl (C=O) groups excluding carboxylic acids is 4. The molecule has 3 fully saturated rings. The molecule has 0 spiro atoms. The highest BCUT2D eigenvalue weighted by molar-refractivity contribution is 5.93. The standard InChI is InChI=1S/C13H21NO3.C7H15N.C7H10O4.CH4O/c1-9-5-3-4-6-11(9)14-8-10(7-12(14)15)13(16)17-2;1-6-4-2-3-5-7(6)8;1-5(7(9)11-3)4-6(8)10-2;1-2/h9-11H,3-8H2,1-2H3;6-7H,2-5,8H2,1H3;1,4H2,2-3H3;2H,1H3. The van der Waals surface area contributed by atoms with Gasteiger partial charge in [-0.15, -0.1) is 0 Å². The number of amides is 1. The van der Waals surface area contributed by atoms with Gasteiger partial charge in [-0.2, -0.15) is 0 Å². The number of aliphatic hydroxyl groups excluding tert-OH is 1. The summed E-state index contributed by atoms with van der Waals surface area (Å²) in [6.45, 7) is 8.36. The SMILES string of the molecule is C=C(CC(=O)OC)C(=O)OC.CC1CCCCC1N.CO.COC(=O)C1CC(=O)N(C2CCCCC2C)C1. The average Bonchev–Trinajstić information content (AvgIpc) is 3.32. The second-order valence-corrected chi connectivity index (χ2v) is 10.1. The summed E-state index contributed by atoms with van der Waals surface area (Å²) < 4.78 is 13.3. The Bertz CT molecular complexity index is 747. The van der Waals surface area contributed by atoms with Crippen LogP contribution in [0.15, 0.2) is 12.2 Å². The van der Waals surface area contributed by atoms with Gasteiger partial charge in [0, 0.05) is 37.7 Å². The Balaban J connectivity index is 0.000000563. The highest BCUT2D eigenvalue weighted by atomic mass is 16.5. The molecular formula is C28H50N2O8. The molecule has 5 unspecified atom stereocenters. The monoisotopic (exact) mass is 542 g/mol. The number of nitrogens with two attached hydrogens (primary N) is 1. The molecule has 220 valence electrons. The number of methoxy groups -OCH3 is 3. The van der Waals surface area contributed by atoms with Crippen LogP contribution in [0.1, 0.15) is 78.1 Å². The van der Waals surface area contributed by atoms with E-state index in [4.69, 9.17) is 15.6 Å². The molecule has 1 heterocycles. The molecule has 3 N–H and O–H groups in total. The maximum Gasteiger partial charge on any atom is 0.333 e. The minimum Gasteiger partial charge on any atom is -0.469 e. The van der Waals surface area contributed by atoms with Crippen molar-refractivity contribution in [1.29, 1.82) is 0 Å². The van der Waals surface area contributed by atoms with Crippen LogP contribution in [0.4, 0.5) is 0 Å². The maximum atomic E-state index is 12.0. The lowest BCUT2D eigenvalue weighted by Gasteiger charge is -2.36. The van der Waals surface area contributed by atoms with E-state index in [-0.39, 0.29) is 29.8 Å². The molecule has 3 aliphatic rings. The van der Waals surface area contributed by atoms with E-state index in [9.17, 15) is 19.2 Å². The number of ether oxygens (including phenoxy) is 3. The number of rotatable bonds is 5. The molecule has 2 aliphatic carbocycles. The van der Waals surface area contributed by atoms with Gasteiger partial charge in [-0.3, -0.25) is 14.4 Å². The van der Waals surface area contributed by atoms with Gasteiger partial charge in [-0.25, -0.2) is 4.79 Å². The molecule has 1 amide bonds. The zero-order chi connectivity index (χ0) is 29.3. The van der Waals surface area contributed by atoms with E-state index in [1.165, 1.54) is 66.3 Å². The molecule has 0 bridgehead atoms. The molecule has 0 aromatic heterocycles. The van der Waals surface area contributed by atoms with Crippen molar-refractivity contribution in [2.24, 2.45) is 23.5 Å². The first-order valence-corrected chi connectivity index (χ1v) is 13.5. The molecule has 1 saturated heterocycles. The number of carbonyl (C=O) groups is 4. The van der Waals surface area contributed by atoms with Gasteiger partial charge in [-0.05, 0) is 37.5 Å². The Labute approximate surface area is 228 Å². The first kappa shape index (κ1) is 35.5. The fourth-order valence-electron chi connectivity index (χ4n) is 4.94. The smallest absolute Gasteiger partial charge is 0.333 e. The first-order chi connectivity index (χ1) is 18.0. The summed E-state index contributed by atoms with van der Waals surface area (Å²) in [6, 6.07) is 0.842. The molecular weight excluding hydrogens is 492 g/mol. The molecule has 2 saturated carbocycles. The summed E-state index contributed by atoms with van der Waals surface area (Å²) in [5.74, 6) is -0.117. The third-order valence-corrected chi connectivity index (χ3v) is 7.40. The lowest BCUT2D eigenvalue weighted by atomic mass is 9.85. The van der Waals surface area contributed by atoms with Gasteiger partial charge in [0.2, 0.25) is 5.91 Å². The predicted molar refractivity (Wildman–Crippen MR) is 145 cm³/mol. The van der Waals surface area contributed by atoms with Crippen LogP contribution >= 0.6 is 0 Å². The maximum absolute atomic E-state index is 12.0. The van der Waals surface area contributed by atoms with Crippen molar-refractivity contribution in [2.75, 3.05) is 35.0 Å². The van der Waals surface area contributed by atoms with Gasteiger partial charge in [0.1, 0.15) is 0 Å². The highest BCUT2D eigenvalue weighted by Gasteiger charge is 2.40. The summed E-state index contributed by atoms with van der Waals surface area (Å²) in [5.41, 5.74) is 5.87. The Kier molecular flexibility index (Phi) is 18.3. The van der Waals surface area contributed by atoms with Crippen molar-refractivity contribution in [3.8, 4) is 0 Å². The fourth-order valence-corrected chi connectivity index (χ4v) is 4.94. The van der Waals surface area contributed by atoms with Crippen molar-refractivity contribution < 1.29 is 38.5 Å². The average molecular weight is 543 g/mol. The van der Waals surface area contributed by atoms with Gasteiger partial charge in [0.25, 0.3) is 0 Å². The van der Waals surface area contributed by atoms with E-state index in [1.54, 1.807) is 0 Å². The quantitative estimate of drug-likeness (QED) is 0.304. The lowest BCUT2D eigenvalue weighted by molar-refractivity contribution is -0.145. The van der Waals surface area contributed by atoms with Crippen LogP contribution in [0.2, 0.25) is 0 Å². The lowest BCUT2D eigenvalue weighted by Crippen LogP contribution is -2.42. The Morgan fingerprint density at radius 3 is 1.92 bits per heavy atom. The molecule has 1 aliphatic heterocycles. The largest absolute Gasteiger partial charge is 0.469 e. The van der Waals surface area contributed by atoms with E-state index in [2.05, 4.69) is 29.9 Å². The number of esters is 3. The van der Waals surface area contributed by atoms with Gasteiger partial charge < -0.3 is 30.0 Å². The van der Waals surface area contributed by atoms with Crippen molar-refractivity contribution >= 4 is 23.8 Å². The Hall–Kier alpha value is -2.46. The first-order valence-electron chi connectivity index (χ1n) is 13.5. The van der Waals surface area contributed by atoms with E-state index < -0.39 is 11.9 Å². The van der Waals surface area contributed by atoms with Crippen molar-refractivity contribution in [3.63, 3.8) is 0 Å². The summed E-state index contributed by atoms with van der Waals surface area (Å²) in [4.78, 5) is 46.5. The summed E-state index contributed by atoms with van der Waals surface area (Å²) in [5, 5.41) is 7.00. The normalized spacial score (nSPS) is 26.2. The molecule has 0 aromatic carbocycles. The molecule has 10 heteroatoms. The van der Waals surface area contributed by atoms with Crippen molar-refractivity contribution in [3.05, 3.63) is 12.2 Å². The second-order valence-electron chi connectivity index (χ2n) is 10.1.